The van der Waals surface area contributed by atoms with Crippen molar-refractivity contribution in [2.24, 2.45) is 0 Å². The van der Waals surface area contributed by atoms with E-state index in [1.54, 1.807) is 6.92 Å². The van der Waals surface area contributed by atoms with Crippen molar-refractivity contribution >= 4 is 23.4 Å². The molecule has 2 fully saturated rings. The van der Waals surface area contributed by atoms with Crippen molar-refractivity contribution in [2.75, 3.05) is 67.1 Å². The zero-order valence-electron chi connectivity index (χ0n) is 17.0. The number of benzene rings is 1. The molecule has 0 bridgehead atoms. The molecule has 0 spiro atoms. The predicted octanol–water partition coefficient (Wildman–Crippen LogP) is 1.92. The summed E-state index contributed by atoms with van der Waals surface area (Å²) in [4.78, 5) is 29.6. The Balaban J connectivity index is 1.42. The maximum absolute atomic E-state index is 13.2. The van der Waals surface area contributed by atoms with E-state index in [9.17, 15) is 9.18 Å². The average Bonchev–Trinajstić information content (AvgIpc) is 2.74. The number of hydrogen-bond acceptors (Lipinski definition) is 6. The average molecular weight is 398 g/mol. The molecule has 3 heterocycles. The molecule has 7 nitrogen and oxygen atoms in total. The van der Waals surface area contributed by atoms with Gasteiger partial charge in [-0.15, -0.1) is 0 Å². The van der Waals surface area contributed by atoms with E-state index in [0.29, 0.717) is 13.1 Å². The van der Waals surface area contributed by atoms with Crippen LogP contribution in [0.1, 0.15) is 12.6 Å². The molecule has 8 heteroatoms. The standard InChI is InChI=1S/C21H27FN6O/c1-16-15-20(24-21(23-16)28-13-7-25(8-14-28)17(2)29)27-11-9-26(10-12-27)19-5-3-18(22)4-6-19/h3-6,15H,7-14H2,1-2H3. The van der Waals surface area contributed by atoms with Gasteiger partial charge < -0.3 is 19.6 Å². The summed E-state index contributed by atoms with van der Waals surface area (Å²) in [5.41, 5.74) is 1.99. The van der Waals surface area contributed by atoms with E-state index in [1.807, 2.05) is 30.0 Å². The lowest BCUT2D eigenvalue weighted by Gasteiger charge is -2.38. The summed E-state index contributed by atoms with van der Waals surface area (Å²) in [6, 6.07) is 8.71. The number of aryl methyl sites for hydroxylation is 1. The van der Waals surface area contributed by atoms with Crippen LogP contribution in [0.2, 0.25) is 0 Å². The maximum Gasteiger partial charge on any atom is 0.227 e. The molecule has 2 aromatic rings. The van der Waals surface area contributed by atoms with E-state index >= 15 is 0 Å². The van der Waals surface area contributed by atoms with E-state index in [2.05, 4.69) is 19.7 Å². The molecule has 0 atom stereocenters. The Morgan fingerprint density at radius 3 is 2.07 bits per heavy atom. The third-order valence-corrected chi connectivity index (χ3v) is 5.63. The summed E-state index contributed by atoms with van der Waals surface area (Å²) in [6.45, 7) is 9.95. The van der Waals surface area contributed by atoms with E-state index in [4.69, 9.17) is 4.98 Å². The van der Waals surface area contributed by atoms with Crippen LogP contribution in [0.4, 0.5) is 21.8 Å². The fourth-order valence-corrected chi connectivity index (χ4v) is 3.91. The summed E-state index contributed by atoms with van der Waals surface area (Å²) in [5.74, 6) is 1.60. The maximum atomic E-state index is 13.2. The van der Waals surface area contributed by atoms with E-state index < -0.39 is 0 Å². The summed E-state index contributed by atoms with van der Waals surface area (Å²) in [5, 5.41) is 0. The monoisotopic (exact) mass is 398 g/mol. The van der Waals surface area contributed by atoms with Crippen molar-refractivity contribution in [1.82, 2.24) is 14.9 Å². The van der Waals surface area contributed by atoms with Gasteiger partial charge in [-0.1, -0.05) is 0 Å². The van der Waals surface area contributed by atoms with Gasteiger partial charge in [0.1, 0.15) is 11.6 Å². The van der Waals surface area contributed by atoms with Gasteiger partial charge in [-0.2, -0.15) is 4.98 Å². The summed E-state index contributed by atoms with van der Waals surface area (Å²) >= 11 is 0. The number of anilines is 3. The molecule has 1 aromatic carbocycles. The van der Waals surface area contributed by atoms with Crippen LogP contribution in [0.3, 0.4) is 0 Å². The van der Waals surface area contributed by atoms with Gasteiger partial charge in [-0.3, -0.25) is 4.79 Å². The minimum atomic E-state index is -0.208. The highest BCUT2D eigenvalue weighted by Crippen LogP contribution is 2.22. The van der Waals surface area contributed by atoms with E-state index in [0.717, 1.165) is 62.4 Å². The lowest BCUT2D eigenvalue weighted by molar-refractivity contribution is -0.129. The second-order valence-electron chi connectivity index (χ2n) is 7.61. The van der Waals surface area contributed by atoms with Gasteiger partial charge in [0.25, 0.3) is 0 Å². The Labute approximate surface area is 170 Å². The number of halogens is 1. The van der Waals surface area contributed by atoms with Crippen LogP contribution in [0.15, 0.2) is 30.3 Å². The topological polar surface area (TPSA) is 55.8 Å². The molecule has 2 aliphatic rings. The van der Waals surface area contributed by atoms with Gasteiger partial charge in [0, 0.05) is 76.7 Å². The molecule has 0 N–H and O–H groups in total. The molecule has 0 unspecified atom stereocenters. The Kier molecular flexibility index (Phi) is 5.51. The van der Waals surface area contributed by atoms with Crippen LogP contribution in [0.5, 0.6) is 0 Å². The molecular weight excluding hydrogens is 371 g/mol. The molecule has 2 aliphatic heterocycles. The van der Waals surface area contributed by atoms with Gasteiger partial charge in [0.2, 0.25) is 11.9 Å². The first-order chi connectivity index (χ1) is 14.0. The molecular formula is C21H27FN6O. The quantitative estimate of drug-likeness (QED) is 0.788. The molecule has 154 valence electrons. The summed E-state index contributed by atoms with van der Waals surface area (Å²) in [7, 11) is 0. The zero-order valence-corrected chi connectivity index (χ0v) is 17.0. The first-order valence-corrected chi connectivity index (χ1v) is 10.1. The molecule has 1 amide bonds. The molecule has 2 saturated heterocycles. The van der Waals surface area contributed by atoms with Crippen molar-refractivity contribution in [3.63, 3.8) is 0 Å². The molecule has 29 heavy (non-hydrogen) atoms. The molecule has 4 rings (SSSR count). The fourth-order valence-electron chi connectivity index (χ4n) is 3.91. The number of nitrogens with zero attached hydrogens (tertiary/aromatic N) is 6. The van der Waals surface area contributed by atoms with Gasteiger partial charge in [-0.25, -0.2) is 9.37 Å². The van der Waals surface area contributed by atoms with E-state index in [1.165, 1.54) is 12.1 Å². The fraction of sp³-hybridized carbons (Fsp3) is 0.476. The Morgan fingerprint density at radius 1 is 0.862 bits per heavy atom. The summed E-state index contributed by atoms with van der Waals surface area (Å²) < 4.78 is 13.2. The Bertz CT molecular complexity index is 858. The van der Waals surface area contributed by atoms with Crippen LogP contribution in [0.25, 0.3) is 0 Å². The minimum absolute atomic E-state index is 0.120. The van der Waals surface area contributed by atoms with Crippen molar-refractivity contribution < 1.29 is 9.18 Å². The smallest absolute Gasteiger partial charge is 0.227 e. The second-order valence-corrected chi connectivity index (χ2v) is 7.61. The normalized spacial score (nSPS) is 17.6. The third kappa shape index (κ3) is 4.41. The van der Waals surface area contributed by atoms with Crippen molar-refractivity contribution in [1.29, 1.82) is 0 Å². The SMILES string of the molecule is CC(=O)N1CCN(c2nc(C)cc(N3CCN(c4ccc(F)cc4)CC3)n2)CC1. The minimum Gasteiger partial charge on any atom is -0.368 e. The zero-order chi connectivity index (χ0) is 20.4. The van der Waals surface area contributed by atoms with Crippen molar-refractivity contribution in [3.05, 3.63) is 41.8 Å². The van der Waals surface area contributed by atoms with Crippen molar-refractivity contribution in [2.45, 2.75) is 13.8 Å². The third-order valence-electron chi connectivity index (χ3n) is 5.63. The highest BCUT2D eigenvalue weighted by atomic mass is 19.1. The Hall–Kier alpha value is -2.90. The highest BCUT2D eigenvalue weighted by molar-refractivity contribution is 5.73. The number of carbonyl (C=O) groups excluding carboxylic acids is 1. The molecule has 0 saturated carbocycles. The first-order valence-electron chi connectivity index (χ1n) is 10.1. The molecule has 1 aromatic heterocycles. The van der Waals surface area contributed by atoms with Crippen LogP contribution in [-0.4, -0.2) is 73.1 Å². The van der Waals surface area contributed by atoms with E-state index in [-0.39, 0.29) is 11.7 Å². The van der Waals surface area contributed by atoms with Crippen LogP contribution in [0, 0.1) is 12.7 Å². The van der Waals surface area contributed by atoms with Crippen LogP contribution >= 0.6 is 0 Å². The van der Waals surface area contributed by atoms with Gasteiger partial charge in [-0.05, 0) is 31.2 Å². The van der Waals surface area contributed by atoms with Crippen LogP contribution in [-0.2, 0) is 4.79 Å². The van der Waals surface area contributed by atoms with Gasteiger partial charge in [0.05, 0.1) is 0 Å². The van der Waals surface area contributed by atoms with Gasteiger partial charge in [0.15, 0.2) is 0 Å². The van der Waals surface area contributed by atoms with Crippen molar-refractivity contribution in [3.8, 4) is 0 Å². The number of carbonyl (C=O) groups is 1. The summed E-state index contributed by atoms with van der Waals surface area (Å²) in [6.07, 6.45) is 0. The number of piperazine rings is 2. The van der Waals surface area contributed by atoms with Crippen LogP contribution < -0.4 is 14.7 Å². The molecule has 0 aliphatic carbocycles. The lowest BCUT2D eigenvalue weighted by Crippen LogP contribution is -2.49. The lowest BCUT2D eigenvalue weighted by atomic mass is 10.2. The Morgan fingerprint density at radius 2 is 1.45 bits per heavy atom. The second kappa shape index (κ2) is 8.23. The first kappa shape index (κ1) is 19.4. The number of amides is 1. The number of aromatic nitrogens is 2. The molecule has 0 radical (unpaired) electrons. The largest absolute Gasteiger partial charge is 0.368 e. The number of rotatable bonds is 3. The predicted molar refractivity (Wildman–Crippen MR) is 112 cm³/mol. The number of hydrogen-bond donors (Lipinski definition) is 0. The van der Waals surface area contributed by atoms with Gasteiger partial charge >= 0.3 is 0 Å². The highest BCUT2D eigenvalue weighted by Gasteiger charge is 2.23.